The van der Waals surface area contributed by atoms with Gasteiger partial charge in [0, 0.05) is 42.8 Å². The first kappa shape index (κ1) is 25.4. The number of nitrogens with zero attached hydrogens (tertiary/aromatic N) is 7. The van der Waals surface area contributed by atoms with E-state index < -0.39 is 5.60 Å². The van der Waals surface area contributed by atoms with E-state index in [0.717, 1.165) is 40.1 Å². The smallest absolute Gasteiger partial charge is 0.410 e. The molecular formula is C29H30N8O3. The molecule has 4 aromatic heterocycles. The number of carbonyl (C=O) groups is 1. The number of ether oxygens (including phenoxy) is 2. The summed E-state index contributed by atoms with van der Waals surface area (Å²) in [6.07, 6.45) is 9.34. The van der Waals surface area contributed by atoms with Crippen LogP contribution in [-0.4, -0.2) is 58.9 Å². The molecule has 1 aliphatic rings. The lowest BCUT2D eigenvalue weighted by atomic mass is 10.0. The molecule has 0 spiro atoms. The van der Waals surface area contributed by atoms with Crippen LogP contribution in [-0.2, 0) is 4.74 Å². The van der Waals surface area contributed by atoms with E-state index in [1.54, 1.807) is 13.9 Å². The number of benzene rings is 1. The minimum atomic E-state index is -0.546. The molecule has 1 amide bonds. The maximum Gasteiger partial charge on any atom is 0.410 e. The Morgan fingerprint density at radius 3 is 2.62 bits per heavy atom. The van der Waals surface area contributed by atoms with E-state index in [4.69, 9.17) is 9.47 Å². The number of amides is 1. The summed E-state index contributed by atoms with van der Waals surface area (Å²) in [5.74, 6) is 2.08. The van der Waals surface area contributed by atoms with Gasteiger partial charge in [0.25, 0.3) is 0 Å². The zero-order chi connectivity index (χ0) is 27.9. The summed E-state index contributed by atoms with van der Waals surface area (Å²) in [4.78, 5) is 23.2. The summed E-state index contributed by atoms with van der Waals surface area (Å²) in [6, 6.07) is 11.6. The van der Waals surface area contributed by atoms with Crippen molar-refractivity contribution in [3.05, 3.63) is 78.6 Å². The fourth-order valence-electron chi connectivity index (χ4n) is 4.69. The lowest BCUT2D eigenvalue weighted by Gasteiger charge is -2.30. The van der Waals surface area contributed by atoms with Crippen molar-refractivity contribution < 1.29 is 14.3 Å². The summed E-state index contributed by atoms with van der Waals surface area (Å²) >= 11 is 0. The van der Waals surface area contributed by atoms with Gasteiger partial charge in [-0.05, 0) is 75.6 Å². The van der Waals surface area contributed by atoms with Crippen molar-refractivity contribution in [2.24, 2.45) is 0 Å². The second kappa shape index (κ2) is 9.99. The molecule has 0 atom stereocenters. The number of aryl methyl sites for hydroxylation is 1. The maximum atomic E-state index is 12.7. The molecular weight excluding hydrogens is 508 g/mol. The van der Waals surface area contributed by atoms with Gasteiger partial charge in [0.2, 0.25) is 0 Å². The fourth-order valence-corrected chi connectivity index (χ4v) is 4.69. The van der Waals surface area contributed by atoms with Gasteiger partial charge in [-0.25, -0.2) is 23.8 Å². The summed E-state index contributed by atoms with van der Waals surface area (Å²) in [5.41, 5.74) is 4.81. The van der Waals surface area contributed by atoms with Gasteiger partial charge in [0.15, 0.2) is 11.5 Å². The number of anilines is 2. The number of aromatic nitrogens is 6. The SMILES string of the molecule is Cc1cc(Nc2ncnn3ccc(C4=CCCN(C(=O)OC(C)(C)C)C4)c23)ccc1Oc1ccn2ncnc2c1. The first-order valence-corrected chi connectivity index (χ1v) is 13.1. The molecule has 40 heavy (non-hydrogen) atoms. The predicted molar refractivity (Wildman–Crippen MR) is 151 cm³/mol. The van der Waals surface area contributed by atoms with Gasteiger partial charge in [-0.2, -0.15) is 10.2 Å². The Morgan fingerprint density at radius 1 is 1.00 bits per heavy atom. The van der Waals surface area contributed by atoms with Gasteiger partial charge in [-0.1, -0.05) is 6.08 Å². The number of rotatable bonds is 5. The molecule has 0 aliphatic carbocycles. The maximum absolute atomic E-state index is 12.7. The van der Waals surface area contributed by atoms with Gasteiger partial charge in [-0.15, -0.1) is 0 Å². The van der Waals surface area contributed by atoms with Crippen LogP contribution in [0.15, 0.2) is 67.5 Å². The van der Waals surface area contributed by atoms with E-state index in [9.17, 15) is 4.79 Å². The van der Waals surface area contributed by atoms with Crippen LogP contribution in [0.25, 0.3) is 16.7 Å². The number of hydrogen-bond donors (Lipinski definition) is 1. The highest BCUT2D eigenvalue weighted by Gasteiger charge is 2.26. The van der Waals surface area contributed by atoms with Gasteiger partial charge >= 0.3 is 6.09 Å². The summed E-state index contributed by atoms with van der Waals surface area (Å²) in [5, 5.41) is 12.0. The molecule has 0 saturated carbocycles. The van der Waals surface area contributed by atoms with Crippen LogP contribution in [0.1, 0.15) is 38.3 Å². The molecule has 0 radical (unpaired) electrons. The first-order chi connectivity index (χ1) is 19.2. The molecule has 5 aromatic rings. The number of nitrogens with one attached hydrogen (secondary N) is 1. The van der Waals surface area contributed by atoms with Crippen LogP contribution in [0.5, 0.6) is 11.5 Å². The molecule has 204 valence electrons. The molecule has 11 nitrogen and oxygen atoms in total. The molecule has 1 aromatic carbocycles. The normalized spacial score (nSPS) is 13.9. The third-order valence-electron chi connectivity index (χ3n) is 6.52. The van der Waals surface area contributed by atoms with E-state index >= 15 is 0 Å². The Kier molecular flexibility index (Phi) is 6.33. The average Bonchev–Trinajstić information content (AvgIpc) is 3.57. The fraction of sp³-hybridized carbons (Fsp3) is 0.276. The van der Waals surface area contributed by atoms with E-state index in [0.29, 0.717) is 30.3 Å². The molecule has 1 N–H and O–H groups in total. The lowest BCUT2D eigenvalue weighted by Crippen LogP contribution is -2.39. The zero-order valence-electron chi connectivity index (χ0n) is 22.8. The Morgan fingerprint density at radius 2 is 1.80 bits per heavy atom. The average molecular weight is 539 g/mol. The van der Waals surface area contributed by atoms with Crippen molar-refractivity contribution >= 4 is 34.3 Å². The third-order valence-corrected chi connectivity index (χ3v) is 6.52. The number of pyridine rings is 1. The van der Waals surface area contributed by atoms with Crippen molar-refractivity contribution in [3.8, 4) is 11.5 Å². The van der Waals surface area contributed by atoms with Gasteiger partial charge in [0.05, 0.1) is 0 Å². The van der Waals surface area contributed by atoms with Crippen LogP contribution in [0.3, 0.4) is 0 Å². The zero-order valence-corrected chi connectivity index (χ0v) is 22.8. The minimum absolute atomic E-state index is 0.310. The number of fused-ring (bicyclic) bond motifs is 2. The highest BCUT2D eigenvalue weighted by atomic mass is 16.6. The molecule has 5 heterocycles. The first-order valence-electron chi connectivity index (χ1n) is 13.1. The molecule has 11 heteroatoms. The lowest BCUT2D eigenvalue weighted by molar-refractivity contribution is 0.0273. The predicted octanol–water partition coefficient (Wildman–Crippen LogP) is 5.64. The van der Waals surface area contributed by atoms with Crippen LogP contribution in [0, 0.1) is 6.92 Å². The highest BCUT2D eigenvalue weighted by molar-refractivity contribution is 5.89. The van der Waals surface area contributed by atoms with Crippen LogP contribution < -0.4 is 10.1 Å². The number of carbonyl (C=O) groups excluding carboxylic acids is 1. The third kappa shape index (κ3) is 5.18. The highest BCUT2D eigenvalue weighted by Crippen LogP contribution is 2.33. The van der Waals surface area contributed by atoms with Gasteiger partial charge in [0.1, 0.15) is 35.3 Å². The van der Waals surface area contributed by atoms with Crippen molar-refractivity contribution in [2.45, 2.75) is 39.7 Å². The molecule has 0 unspecified atom stereocenters. The topological polar surface area (TPSA) is 111 Å². The van der Waals surface area contributed by atoms with E-state index in [2.05, 4.69) is 31.6 Å². The number of hydrogen-bond acceptors (Lipinski definition) is 8. The van der Waals surface area contributed by atoms with E-state index in [1.165, 1.54) is 12.7 Å². The minimum Gasteiger partial charge on any atom is -0.457 e. The van der Waals surface area contributed by atoms with Crippen LogP contribution >= 0.6 is 0 Å². The molecule has 6 rings (SSSR count). The quantitative estimate of drug-likeness (QED) is 0.306. The van der Waals surface area contributed by atoms with Crippen LogP contribution in [0.4, 0.5) is 16.3 Å². The van der Waals surface area contributed by atoms with Crippen molar-refractivity contribution in [1.29, 1.82) is 0 Å². The molecule has 0 fully saturated rings. The standard InChI is InChI=1S/C29H30N8O3/c1-19-14-21(7-8-24(19)39-22-9-12-36-25(15-22)30-17-32-36)34-27-26-23(10-13-37(26)33-18-31-27)20-6-5-11-35(16-20)28(38)40-29(2,3)4/h6-10,12-15,17-18H,5,11,16H2,1-4H3,(H,31,33,34). The van der Waals surface area contributed by atoms with Crippen LogP contribution in [0.2, 0.25) is 0 Å². The summed E-state index contributed by atoms with van der Waals surface area (Å²) in [7, 11) is 0. The summed E-state index contributed by atoms with van der Waals surface area (Å²) < 4.78 is 15.2. The van der Waals surface area contributed by atoms with Crippen molar-refractivity contribution in [1.82, 2.24) is 34.1 Å². The largest absolute Gasteiger partial charge is 0.457 e. The van der Waals surface area contributed by atoms with Crippen molar-refractivity contribution in [2.75, 3.05) is 18.4 Å². The monoisotopic (exact) mass is 538 g/mol. The summed E-state index contributed by atoms with van der Waals surface area (Å²) in [6.45, 7) is 8.69. The Hall–Kier alpha value is -4.93. The Labute approximate surface area is 231 Å². The molecule has 0 bridgehead atoms. The van der Waals surface area contributed by atoms with Gasteiger partial charge in [-0.3, -0.25) is 0 Å². The molecule has 0 saturated heterocycles. The Bertz CT molecular complexity index is 1750. The second-order valence-electron chi connectivity index (χ2n) is 10.7. The molecule has 1 aliphatic heterocycles. The second-order valence-corrected chi connectivity index (χ2v) is 10.7. The Balaban J connectivity index is 1.23. The van der Waals surface area contributed by atoms with Gasteiger partial charge < -0.3 is 19.7 Å². The van der Waals surface area contributed by atoms with Crippen molar-refractivity contribution in [3.63, 3.8) is 0 Å². The van der Waals surface area contributed by atoms with E-state index in [1.807, 2.05) is 76.5 Å². The van der Waals surface area contributed by atoms with E-state index in [-0.39, 0.29) is 6.09 Å².